The van der Waals surface area contributed by atoms with Crippen LogP contribution in [0.5, 0.6) is 0 Å². The molecule has 34 heavy (non-hydrogen) atoms. The van der Waals surface area contributed by atoms with Crippen molar-refractivity contribution < 1.29 is 52.5 Å². The van der Waals surface area contributed by atoms with Crippen molar-refractivity contribution in [2.45, 2.75) is 87.7 Å². The Morgan fingerprint density at radius 2 is 1.97 bits per heavy atom. The highest BCUT2D eigenvalue weighted by atomic mass is 31.2. The second kappa shape index (κ2) is 6.37. The van der Waals surface area contributed by atoms with Crippen LogP contribution in [0.2, 0.25) is 0 Å². The zero-order valence-electron chi connectivity index (χ0n) is 19.1. The second-order valence-corrected chi connectivity index (χ2v) is 13.0. The third-order valence-electron chi connectivity index (χ3n) is 10.7. The number of ether oxygens (including phenoxy) is 2. The van der Waals surface area contributed by atoms with Gasteiger partial charge in [-0.25, -0.2) is 8.96 Å². The summed E-state index contributed by atoms with van der Waals surface area (Å²) < 4.78 is 44.5. The van der Waals surface area contributed by atoms with Crippen LogP contribution < -0.4 is 0 Å². The number of ketones is 2. The molecule has 12 heteroatoms. The molecule has 6 aliphatic rings. The van der Waals surface area contributed by atoms with Gasteiger partial charge >= 0.3 is 7.82 Å². The van der Waals surface area contributed by atoms with Gasteiger partial charge < -0.3 is 29.5 Å². The van der Waals surface area contributed by atoms with Crippen LogP contribution >= 0.6 is 7.82 Å². The largest absolute Gasteiger partial charge is 0.470 e. The molecule has 0 aromatic heterocycles. The number of alkyl halides is 1. The van der Waals surface area contributed by atoms with Crippen LogP contribution in [0.25, 0.3) is 0 Å². The molecule has 0 aromatic carbocycles. The number of carbonyl (C=O) groups is 2. The summed E-state index contributed by atoms with van der Waals surface area (Å²) in [5.41, 5.74) is -7.76. The van der Waals surface area contributed by atoms with E-state index in [1.54, 1.807) is 20.8 Å². The number of epoxide rings is 2. The number of phosphoric ester groups is 1. The SMILES string of the molecule is C[C@@H]1C[C@H]2[C@@H]3CCC45OC4C(=O)C4OC4[C@]5(C)[C@@]3(F)[C@@H](O)C[C@]2(C)[C@@]1(O)C(=O)COP(=O)(O)O. The molecule has 1 spiro atoms. The Morgan fingerprint density at radius 3 is 2.62 bits per heavy atom. The minimum atomic E-state index is -4.95. The number of fused-ring (bicyclic) bond motifs is 6. The zero-order chi connectivity index (χ0) is 24.9. The summed E-state index contributed by atoms with van der Waals surface area (Å²) in [6, 6.07) is 0. The monoisotopic (exact) mass is 504 g/mol. The third-order valence-corrected chi connectivity index (χ3v) is 11.2. The number of aliphatic hydroxyl groups is 2. The van der Waals surface area contributed by atoms with Crippen LogP contribution in [0.15, 0.2) is 0 Å². The maximum atomic E-state index is 17.5. The number of hydrogen-bond acceptors (Lipinski definition) is 8. The molecule has 4 N–H and O–H groups in total. The van der Waals surface area contributed by atoms with Gasteiger partial charge in [0.15, 0.2) is 17.2 Å². The van der Waals surface area contributed by atoms with Crippen molar-refractivity contribution in [3.05, 3.63) is 0 Å². The lowest BCUT2D eigenvalue weighted by atomic mass is 9.41. The van der Waals surface area contributed by atoms with Crippen molar-refractivity contribution in [2.75, 3.05) is 6.61 Å². The van der Waals surface area contributed by atoms with Crippen molar-refractivity contribution in [3.8, 4) is 0 Å². The Labute approximate surface area is 195 Å². The zero-order valence-corrected chi connectivity index (χ0v) is 20.0. The van der Waals surface area contributed by atoms with Gasteiger partial charge in [0.1, 0.15) is 36.1 Å². The highest BCUT2D eigenvalue weighted by molar-refractivity contribution is 7.46. The smallest absolute Gasteiger partial charge is 0.390 e. The first kappa shape index (κ1) is 23.6. The van der Waals surface area contributed by atoms with Crippen molar-refractivity contribution in [2.24, 2.45) is 28.6 Å². The number of Topliss-reactive ketones (excluding diaryl/α,β-unsaturated/α-hetero) is 2. The summed E-state index contributed by atoms with van der Waals surface area (Å²) in [4.78, 5) is 43.7. The van der Waals surface area contributed by atoms with Crippen LogP contribution in [0.1, 0.15) is 46.5 Å². The summed E-state index contributed by atoms with van der Waals surface area (Å²) in [6.45, 7) is 4.00. The van der Waals surface area contributed by atoms with E-state index in [1.807, 2.05) is 0 Å². The molecule has 0 radical (unpaired) electrons. The number of aliphatic hydroxyl groups excluding tert-OH is 1. The average molecular weight is 504 g/mol. The Morgan fingerprint density at radius 1 is 1.29 bits per heavy atom. The highest BCUT2D eigenvalue weighted by Gasteiger charge is 2.91. The van der Waals surface area contributed by atoms with Crippen molar-refractivity contribution in [1.29, 1.82) is 0 Å². The van der Waals surface area contributed by atoms with Gasteiger partial charge in [-0.15, -0.1) is 0 Å². The summed E-state index contributed by atoms with van der Waals surface area (Å²) in [5.74, 6) is -2.95. The molecule has 10 nitrogen and oxygen atoms in total. The number of halogens is 1. The number of carbonyl (C=O) groups excluding carboxylic acids is 2. The molecule has 4 saturated carbocycles. The summed E-state index contributed by atoms with van der Waals surface area (Å²) in [5, 5.41) is 23.1. The van der Waals surface area contributed by atoms with E-state index in [4.69, 9.17) is 19.3 Å². The number of phosphoric acid groups is 1. The van der Waals surface area contributed by atoms with Gasteiger partial charge in [-0.05, 0) is 43.4 Å². The van der Waals surface area contributed by atoms with Gasteiger partial charge in [0.25, 0.3) is 0 Å². The molecule has 4 aliphatic carbocycles. The molecule has 0 bridgehead atoms. The fraction of sp³-hybridized carbons (Fsp3) is 0.909. The standard InChI is InChI=1S/C22H30FO10P/c1-9-6-11-10-4-5-20-16(33-20)14(26)15-17(32-15)19(20,3)21(10,23)12(24)7-18(11,2)22(9,27)13(25)8-31-34(28,29)30/h9-12,15-17,24,27H,4-8H2,1-3H3,(H2,28,29,30)/t9-,10+,11+,12+,15?,16?,17?,18+,19+,20?,21+,22+/m1/s1. The Balaban J connectivity index is 1.39. The van der Waals surface area contributed by atoms with Gasteiger partial charge in [0.2, 0.25) is 0 Å². The molecule has 190 valence electrons. The van der Waals surface area contributed by atoms with E-state index >= 15 is 4.39 Å². The fourth-order valence-corrected chi connectivity index (χ4v) is 9.31. The number of rotatable bonds is 4. The van der Waals surface area contributed by atoms with Crippen LogP contribution in [-0.4, -0.2) is 79.5 Å². The fourth-order valence-electron chi connectivity index (χ4n) is 9.03. The van der Waals surface area contributed by atoms with Crippen molar-refractivity contribution in [1.82, 2.24) is 0 Å². The molecular formula is C22H30FO10P. The van der Waals surface area contributed by atoms with Gasteiger partial charge in [-0.3, -0.25) is 14.1 Å². The molecule has 2 saturated heterocycles. The molecular weight excluding hydrogens is 474 g/mol. The topological polar surface area (TPSA) is 166 Å². The van der Waals surface area contributed by atoms with E-state index in [0.29, 0.717) is 19.3 Å². The molecule has 2 aliphatic heterocycles. The molecule has 0 aromatic rings. The quantitative estimate of drug-likeness (QED) is 0.312. The van der Waals surface area contributed by atoms with E-state index in [9.17, 15) is 24.4 Å². The van der Waals surface area contributed by atoms with Crippen molar-refractivity contribution in [3.63, 3.8) is 0 Å². The van der Waals surface area contributed by atoms with Gasteiger partial charge in [0, 0.05) is 5.41 Å². The average Bonchev–Trinajstić information content (AvgIpc) is 3.65. The van der Waals surface area contributed by atoms with E-state index in [-0.39, 0.29) is 12.2 Å². The van der Waals surface area contributed by atoms with E-state index < -0.39 is 90.1 Å². The Kier molecular flexibility index (Phi) is 4.42. The summed E-state index contributed by atoms with van der Waals surface area (Å²) in [6.07, 6.45) is -2.97. The van der Waals surface area contributed by atoms with Crippen molar-refractivity contribution >= 4 is 19.4 Å². The van der Waals surface area contributed by atoms with Gasteiger partial charge in [-0.1, -0.05) is 20.8 Å². The summed E-state index contributed by atoms with van der Waals surface area (Å²) >= 11 is 0. The minimum absolute atomic E-state index is 0.167. The predicted molar refractivity (Wildman–Crippen MR) is 110 cm³/mol. The lowest BCUT2D eigenvalue weighted by Crippen LogP contribution is -2.75. The lowest BCUT2D eigenvalue weighted by Gasteiger charge is -2.64. The first-order chi connectivity index (χ1) is 15.6. The molecule has 0 amide bonds. The molecule has 4 unspecified atom stereocenters. The van der Waals surface area contributed by atoms with Crippen LogP contribution in [0.4, 0.5) is 4.39 Å². The minimum Gasteiger partial charge on any atom is -0.390 e. The molecule has 2 heterocycles. The van der Waals surface area contributed by atoms with Gasteiger partial charge in [0.05, 0.1) is 11.5 Å². The lowest BCUT2D eigenvalue weighted by molar-refractivity contribution is -0.257. The highest BCUT2D eigenvalue weighted by Crippen LogP contribution is 2.78. The molecule has 6 rings (SSSR count). The molecule has 12 atom stereocenters. The van der Waals surface area contributed by atoms with E-state index in [0.717, 1.165) is 0 Å². The maximum absolute atomic E-state index is 17.5. The van der Waals surface area contributed by atoms with Crippen LogP contribution in [-0.2, 0) is 28.2 Å². The van der Waals surface area contributed by atoms with E-state index in [2.05, 4.69) is 4.52 Å². The normalized spacial score (nSPS) is 59.3. The second-order valence-electron chi connectivity index (χ2n) is 11.7. The first-order valence-electron chi connectivity index (χ1n) is 11.8. The predicted octanol–water partition coefficient (Wildman–Crippen LogP) is 0.435. The molecule has 6 fully saturated rings. The van der Waals surface area contributed by atoms with Gasteiger partial charge in [-0.2, -0.15) is 0 Å². The van der Waals surface area contributed by atoms with Crippen LogP contribution in [0, 0.1) is 28.6 Å². The van der Waals surface area contributed by atoms with E-state index in [1.165, 1.54) is 0 Å². The number of hydrogen-bond donors (Lipinski definition) is 4. The Hall–Kier alpha value is -0.780. The van der Waals surface area contributed by atoms with Crippen LogP contribution in [0.3, 0.4) is 0 Å². The Bertz CT molecular complexity index is 1050. The first-order valence-corrected chi connectivity index (χ1v) is 13.3. The third kappa shape index (κ3) is 2.35. The summed E-state index contributed by atoms with van der Waals surface area (Å²) in [7, 11) is -4.95. The maximum Gasteiger partial charge on any atom is 0.470 e.